The van der Waals surface area contributed by atoms with Crippen molar-refractivity contribution < 1.29 is 22.4 Å². The van der Waals surface area contributed by atoms with Crippen LogP contribution in [0.15, 0.2) is 41.6 Å². The molecule has 1 aliphatic rings. The summed E-state index contributed by atoms with van der Waals surface area (Å²) in [7, 11) is 0. The minimum absolute atomic E-state index is 0.0654. The zero-order chi connectivity index (χ0) is 19.8. The van der Waals surface area contributed by atoms with Gasteiger partial charge in [0.05, 0.1) is 11.4 Å². The summed E-state index contributed by atoms with van der Waals surface area (Å²) in [5, 5.41) is 6.21. The topological polar surface area (TPSA) is 59.6 Å². The SMILES string of the molecule is NCc1ccc(NC2=NOC(c3ccc(F)c(Cl)c3)(C(F)(F)F)C2)cc1Cl. The molecule has 0 aromatic heterocycles. The van der Waals surface area contributed by atoms with E-state index in [0.29, 0.717) is 16.3 Å². The van der Waals surface area contributed by atoms with Crippen molar-refractivity contribution >= 4 is 34.7 Å². The third-order valence-electron chi connectivity index (χ3n) is 4.13. The first-order valence-electron chi connectivity index (χ1n) is 7.69. The second kappa shape index (κ2) is 7.18. The lowest BCUT2D eigenvalue weighted by atomic mass is 9.89. The van der Waals surface area contributed by atoms with Crippen LogP contribution in [-0.4, -0.2) is 12.0 Å². The number of nitrogens with two attached hydrogens (primary N) is 1. The molecule has 3 rings (SSSR count). The summed E-state index contributed by atoms with van der Waals surface area (Å²) in [6.07, 6.45) is -5.46. The van der Waals surface area contributed by atoms with Crippen molar-refractivity contribution in [3.8, 4) is 0 Å². The molecule has 0 fully saturated rings. The van der Waals surface area contributed by atoms with Crippen molar-refractivity contribution in [1.82, 2.24) is 0 Å². The van der Waals surface area contributed by atoms with Crippen molar-refractivity contribution in [3.63, 3.8) is 0 Å². The van der Waals surface area contributed by atoms with E-state index in [1.165, 1.54) is 6.07 Å². The van der Waals surface area contributed by atoms with E-state index >= 15 is 0 Å². The van der Waals surface area contributed by atoms with Crippen LogP contribution in [0, 0.1) is 5.82 Å². The molecule has 144 valence electrons. The van der Waals surface area contributed by atoms with Crippen LogP contribution in [0.2, 0.25) is 10.0 Å². The first-order chi connectivity index (χ1) is 12.7. The van der Waals surface area contributed by atoms with Gasteiger partial charge in [-0.1, -0.05) is 40.5 Å². The standard InChI is InChI=1S/C17H13Cl2F4N3O/c18-12-6-11(3-1-9(12)8-24)25-15-7-16(27-26-15,17(21,22)23)10-2-4-14(20)13(19)5-10/h1-6H,7-8,24H2,(H,25,26). The Labute approximate surface area is 161 Å². The fourth-order valence-electron chi connectivity index (χ4n) is 2.68. The lowest BCUT2D eigenvalue weighted by Crippen LogP contribution is -2.43. The molecular weight excluding hydrogens is 409 g/mol. The molecule has 0 spiro atoms. The number of nitrogens with zero attached hydrogens (tertiary/aromatic N) is 1. The highest BCUT2D eigenvalue weighted by molar-refractivity contribution is 6.31. The van der Waals surface area contributed by atoms with Crippen molar-refractivity contribution in [3.05, 3.63) is 63.4 Å². The average molecular weight is 422 g/mol. The van der Waals surface area contributed by atoms with Crippen molar-refractivity contribution in [1.29, 1.82) is 0 Å². The van der Waals surface area contributed by atoms with E-state index in [1.54, 1.807) is 12.1 Å². The summed E-state index contributed by atoms with van der Waals surface area (Å²) >= 11 is 11.7. The summed E-state index contributed by atoms with van der Waals surface area (Å²) in [6, 6.07) is 7.49. The van der Waals surface area contributed by atoms with Crippen LogP contribution in [0.25, 0.3) is 0 Å². The maximum Gasteiger partial charge on any atom is 0.435 e. The Balaban J connectivity index is 1.88. The second-order valence-electron chi connectivity index (χ2n) is 5.90. The van der Waals surface area contributed by atoms with E-state index in [9.17, 15) is 17.6 Å². The number of hydrogen-bond acceptors (Lipinski definition) is 4. The van der Waals surface area contributed by atoms with Crippen LogP contribution in [0.4, 0.5) is 23.2 Å². The van der Waals surface area contributed by atoms with Crippen LogP contribution in [0.3, 0.4) is 0 Å². The Hall–Kier alpha value is -2.03. The van der Waals surface area contributed by atoms with Gasteiger partial charge < -0.3 is 15.9 Å². The van der Waals surface area contributed by atoms with E-state index in [1.807, 2.05) is 0 Å². The molecule has 0 amide bonds. The molecule has 1 aliphatic heterocycles. The molecular formula is C17H13Cl2F4N3O. The van der Waals surface area contributed by atoms with Gasteiger partial charge in [0.2, 0.25) is 0 Å². The predicted molar refractivity (Wildman–Crippen MR) is 95.2 cm³/mol. The zero-order valence-corrected chi connectivity index (χ0v) is 15.1. The maximum atomic E-state index is 13.8. The van der Waals surface area contributed by atoms with Crippen molar-refractivity contribution in [2.75, 3.05) is 5.32 Å². The number of halogens is 6. The number of rotatable bonds is 3. The minimum Gasteiger partial charge on any atom is -0.372 e. The number of alkyl halides is 3. The van der Waals surface area contributed by atoms with E-state index in [0.717, 1.165) is 18.2 Å². The average Bonchev–Trinajstić information content (AvgIpc) is 3.02. The second-order valence-corrected chi connectivity index (χ2v) is 6.71. The highest BCUT2D eigenvalue weighted by atomic mass is 35.5. The third-order valence-corrected chi connectivity index (χ3v) is 4.77. The van der Waals surface area contributed by atoms with Crippen LogP contribution in [0.1, 0.15) is 17.5 Å². The Kier molecular flexibility index (Phi) is 5.24. The van der Waals surface area contributed by atoms with Gasteiger partial charge in [-0.3, -0.25) is 0 Å². The molecule has 0 saturated carbocycles. The molecule has 2 aromatic carbocycles. The van der Waals surface area contributed by atoms with Crippen LogP contribution in [0.5, 0.6) is 0 Å². The van der Waals surface area contributed by atoms with E-state index in [2.05, 4.69) is 10.5 Å². The molecule has 2 aromatic rings. The van der Waals surface area contributed by atoms with Gasteiger partial charge in [-0.25, -0.2) is 4.39 Å². The summed E-state index contributed by atoms with van der Waals surface area (Å²) in [6.45, 7) is 0.228. The number of benzene rings is 2. The molecule has 1 unspecified atom stereocenters. The molecule has 0 radical (unpaired) electrons. The quantitative estimate of drug-likeness (QED) is 0.669. The van der Waals surface area contributed by atoms with Crippen LogP contribution < -0.4 is 11.1 Å². The van der Waals surface area contributed by atoms with Crippen LogP contribution >= 0.6 is 23.2 Å². The van der Waals surface area contributed by atoms with Gasteiger partial charge in [0.15, 0.2) is 5.84 Å². The Morgan fingerprint density at radius 3 is 2.48 bits per heavy atom. The third kappa shape index (κ3) is 3.69. The Morgan fingerprint density at radius 1 is 1.15 bits per heavy atom. The highest BCUT2D eigenvalue weighted by Crippen LogP contribution is 2.48. The van der Waals surface area contributed by atoms with Gasteiger partial charge in [0.25, 0.3) is 5.60 Å². The first kappa shape index (κ1) is 19.7. The van der Waals surface area contributed by atoms with Crippen molar-refractivity contribution in [2.45, 2.75) is 24.7 Å². The van der Waals surface area contributed by atoms with E-state index in [-0.39, 0.29) is 17.9 Å². The lowest BCUT2D eigenvalue weighted by molar-refractivity contribution is -0.275. The normalized spacial score (nSPS) is 19.6. The zero-order valence-electron chi connectivity index (χ0n) is 13.6. The number of nitrogens with one attached hydrogen (secondary N) is 1. The molecule has 3 N–H and O–H groups in total. The summed E-state index contributed by atoms with van der Waals surface area (Å²) in [5.74, 6) is -0.894. The Bertz CT molecular complexity index is 904. The van der Waals surface area contributed by atoms with Crippen LogP contribution in [-0.2, 0) is 17.0 Å². The van der Waals surface area contributed by atoms with Gasteiger partial charge in [-0.05, 0) is 29.8 Å². The van der Waals surface area contributed by atoms with Crippen molar-refractivity contribution in [2.24, 2.45) is 10.9 Å². The monoisotopic (exact) mass is 421 g/mol. The summed E-state index contributed by atoms with van der Waals surface area (Å²) < 4.78 is 54.8. The predicted octanol–water partition coefficient (Wildman–Crippen LogP) is 5.19. The molecule has 0 saturated heterocycles. The van der Waals surface area contributed by atoms with Gasteiger partial charge >= 0.3 is 6.18 Å². The molecule has 0 aliphatic carbocycles. The molecule has 10 heteroatoms. The highest BCUT2D eigenvalue weighted by Gasteiger charge is 2.62. The van der Waals surface area contributed by atoms with E-state index < -0.39 is 29.0 Å². The largest absolute Gasteiger partial charge is 0.435 e. The number of anilines is 1. The van der Waals surface area contributed by atoms with Gasteiger partial charge in [0, 0.05) is 22.8 Å². The smallest absolute Gasteiger partial charge is 0.372 e. The number of amidine groups is 1. The summed E-state index contributed by atoms with van der Waals surface area (Å²) in [4.78, 5) is 4.81. The number of hydrogen-bond donors (Lipinski definition) is 2. The molecule has 27 heavy (non-hydrogen) atoms. The first-order valence-corrected chi connectivity index (χ1v) is 8.45. The maximum absolute atomic E-state index is 13.8. The fraction of sp³-hybridized carbons (Fsp3) is 0.235. The van der Waals surface area contributed by atoms with Gasteiger partial charge in [-0.2, -0.15) is 13.2 Å². The molecule has 1 heterocycles. The van der Waals surface area contributed by atoms with Gasteiger partial charge in [0.1, 0.15) is 5.82 Å². The fourth-order valence-corrected chi connectivity index (χ4v) is 3.11. The summed E-state index contributed by atoms with van der Waals surface area (Å²) in [5.41, 5.74) is 3.52. The van der Waals surface area contributed by atoms with E-state index in [4.69, 9.17) is 33.8 Å². The number of oxime groups is 1. The molecule has 0 bridgehead atoms. The lowest BCUT2D eigenvalue weighted by Gasteiger charge is -2.29. The molecule has 4 nitrogen and oxygen atoms in total. The minimum atomic E-state index is -4.82. The Morgan fingerprint density at radius 2 is 1.89 bits per heavy atom. The molecule has 1 atom stereocenters. The van der Waals surface area contributed by atoms with Gasteiger partial charge in [-0.15, -0.1) is 0 Å².